The highest BCUT2D eigenvalue weighted by Crippen LogP contribution is 2.28. The number of hydrogen-bond acceptors (Lipinski definition) is 0. The second kappa shape index (κ2) is 3.60. The zero-order valence-corrected chi connectivity index (χ0v) is 7.35. The van der Waals surface area contributed by atoms with E-state index in [4.69, 9.17) is 0 Å². The Balaban J connectivity index is 3.11. The Kier molecular flexibility index (Phi) is 3.87. The van der Waals surface area contributed by atoms with Crippen LogP contribution in [0.5, 0.6) is 0 Å². The van der Waals surface area contributed by atoms with E-state index in [1.54, 1.807) is 0 Å². The molecule has 0 aromatic heterocycles. The van der Waals surface area contributed by atoms with Gasteiger partial charge < -0.3 is 9.43 Å². The van der Waals surface area contributed by atoms with E-state index < -0.39 is 0 Å². The predicted octanol–water partition coefficient (Wildman–Crippen LogP) is -1.38. The van der Waals surface area contributed by atoms with Gasteiger partial charge in [-0.3, -0.25) is 0 Å². The van der Waals surface area contributed by atoms with Gasteiger partial charge in [-0.25, -0.2) is 0 Å². The fourth-order valence-corrected chi connectivity index (χ4v) is 1.73. The summed E-state index contributed by atoms with van der Waals surface area (Å²) in [4.78, 5) is 0. The Bertz CT molecular complexity index is 58.8. The normalized spacial score (nSPS) is 13.1. The van der Waals surface area contributed by atoms with Gasteiger partial charge in [0.2, 0.25) is 0 Å². The minimum Gasteiger partial charge on any atom is -0.384 e. The Morgan fingerprint density at radius 3 is 2.00 bits per heavy atom. The van der Waals surface area contributed by atoms with Crippen molar-refractivity contribution in [3.63, 3.8) is 0 Å². The Morgan fingerprint density at radius 1 is 1.38 bits per heavy atom. The first kappa shape index (κ1) is 8.61. The zero-order valence-electron chi connectivity index (χ0n) is 6.53. The third kappa shape index (κ3) is 6.61. The molecule has 0 nitrogen and oxygen atoms in total. The molecule has 5 heteroatoms. The third-order valence-corrected chi connectivity index (χ3v) is 2.62. The molecule has 0 rings (SSSR count). The lowest BCUT2D eigenvalue weighted by Crippen LogP contribution is -2.06. The molecule has 0 N–H and O–H groups in total. The van der Waals surface area contributed by atoms with Gasteiger partial charge in [-0.05, 0) is 0 Å². The van der Waals surface area contributed by atoms with E-state index in [1.165, 1.54) is 19.3 Å². The highest BCUT2D eigenvalue weighted by molar-refractivity contribution is 8.89. The van der Waals surface area contributed by atoms with Gasteiger partial charge in [0.1, 0.15) is 27.9 Å². The van der Waals surface area contributed by atoms with E-state index in [0.29, 0.717) is 0 Å². The molecule has 0 saturated heterocycles. The van der Waals surface area contributed by atoms with Crippen molar-refractivity contribution >= 4 is 37.4 Å². The molecule has 0 aliphatic heterocycles. The highest BCUT2D eigenvalue weighted by Gasteiger charge is 2.03. The van der Waals surface area contributed by atoms with Gasteiger partial charge in [-0.1, -0.05) is 19.7 Å². The molecule has 0 fully saturated rings. The molecule has 0 amide bonds. The molecule has 0 unspecified atom stereocenters. The van der Waals surface area contributed by atoms with Gasteiger partial charge in [-0.2, -0.15) is 0 Å². The molecular formula is C3H14B4S. The SMILES string of the molecule is BS(B)(B)BCCC. The molecule has 44 valence electrons. The van der Waals surface area contributed by atoms with Crippen molar-refractivity contribution in [2.24, 2.45) is 0 Å². The van der Waals surface area contributed by atoms with E-state index >= 15 is 0 Å². The van der Waals surface area contributed by atoms with Crippen molar-refractivity contribution in [3.05, 3.63) is 0 Å². The van der Waals surface area contributed by atoms with E-state index in [9.17, 15) is 0 Å². The summed E-state index contributed by atoms with van der Waals surface area (Å²) in [5.74, 6) is 0. The van der Waals surface area contributed by atoms with Gasteiger partial charge in [0, 0.05) is 0 Å². The van der Waals surface area contributed by atoms with Crippen LogP contribution < -0.4 is 0 Å². The molecule has 0 atom stereocenters. The molecule has 0 aliphatic rings. The van der Waals surface area contributed by atoms with Crippen LogP contribution in [0.2, 0.25) is 6.32 Å². The smallest absolute Gasteiger partial charge is 0.144 e. The highest BCUT2D eigenvalue weighted by atomic mass is 32.3. The van der Waals surface area contributed by atoms with Crippen molar-refractivity contribution < 1.29 is 0 Å². The molecule has 0 heterocycles. The summed E-state index contributed by atoms with van der Waals surface area (Å²) < 4.78 is 0. The van der Waals surface area contributed by atoms with Gasteiger partial charge in [0.15, 0.2) is 0 Å². The van der Waals surface area contributed by atoms with Crippen molar-refractivity contribution in [1.29, 1.82) is 0 Å². The lowest BCUT2D eigenvalue weighted by molar-refractivity contribution is 1.08. The minimum absolute atomic E-state index is 0.186. The average Bonchev–Trinajstić information content (AvgIpc) is 1.59. The van der Waals surface area contributed by atoms with Crippen LogP contribution in [-0.4, -0.2) is 27.9 Å². The lowest BCUT2D eigenvalue weighted by Gasteiger charge is -2.23. The number of hydrogen-bond donors (Lipinski definition) is 0. The lowest BCUT2D eigenvalue weighted by atomic mass is 10.0. The van der Waals surface area contributed by atoms with Crippen molar-refractivity contribution in [3.8, 4) is 0 Å². The Hall–Kier alpha value is 0.610. The molecule has 0 radical (unpaired) electrons. The monoisotopic (exact) mass is 126 g/mol. The average molecular weight is 125 g/mol. The standard InChI is InChI=1S/C3H14B4S/c1-2-3-7-8(4,5)6/h7H,2-6H2,1H3. The topological polar surface area (TPSA) is 0 Å². The summed E-state index contributed by atoms with van der Waals surface area (Å²) in [6, 6.07) is 0. The van der Waals surface area contributed by atoms with Crippen molar-refractivity contribution in [1.82, 2.24) is 0 Å². The summed E-state index contributed by atoms with van der Waals surface area (Å²) >= 11 is 0. The van der Waals surface area contributed by atoms with Gasteiger partial charge in [0.05, 0.1) is 0 Å². The molecule has 0 aromatic rings. The van der Waals surface area contributed by atoms with Crippen LogP contribution in [0.15, 0.2) is 0 Å². The van der Waals surface area contributed by atoms with Crippen LogP contribution in [0, 0.1) is 0 Å². The van der Waals surface area contributed by atoms with Crippen LogP contribution in [-0.2, 0) is 0 Å². The molecular weight excluding hydrogens is 111 g/mol. The van der Waals surface area contributed by atoms with Crippen molar-refractivity contribution in [2.45, 2.75) is 19.7 Å². The quantitative estimate of drug-likeness (QED) is 0.408. The number of rotatable bonds is 3. The largest absolute Gasteiger partial charge is 0.384 e. The second-order valence-electron chi connectivity index (χ2n) is 3.15. The maximum Gasteiger partial charge on any atom is 0.144 e. The van der Waals surface area contributed by atoms with Crippen LogP contribution in [0.4, 0.5) is 0 Å². The zero-order chi connectivity index (χ0) is 6.62. The van der Waals surface area contributed by atoms with Crippen LogP contribution in [0.3, 0.4) is 0 Å². The molecule has 0 bridgehead atoms. The van der Waals surface area contributed by atoms with Gasteiger partial charge in [-0.15, -0.1) is 0 Å². The fourth-order valence-electron chi connectivity index (χ4n) is 0.577. The van der Waals surface area contributed by atoms with Gasteiger partial charge >= 0.3 is 0 Å². The molecule has 0 aromatic carbocycles. The summed E-state index contributed by atoms with van der Waals surface area (Å²) in [6.07, 6.45) is 2.77. The Morgan fingerprint density at radius 2 is 1.88 bits per heavy atom. The minimum atomic E-state index is -0.186. The fraction of sp³-hybridized carbons (Fsp3) is 1.00. The van der Waals surface area contributed by atoms with Crippen LogP contribution >= 0.6 is 9.43 Å². The van der Waals surface area contributed by atoms with E-state index in [0.717, 1.165) is 0 Å². The molecule has 0 spiro atoms. The molecule has 0 aliphatic carbocycles. The van der Waals surface area contributed by atoms with Crippen molar-refractivity contribution in [2.75, 3.05) is 0 Å². The van der Waals surface area contributed by atoms with E-state index in [1.807, 2.05) is 0 Å². The second-order valence-corrected chi connectivity index (χ2v) is 7.74. The van der Waals surface area contributed by atoms with E-state index in [2.05, 4.69) is 28.3 Å². The van der Waals surface area contributed by atoms with Crippen LogP contribution in [0.25, 0.3) is 0 Å². The summed E-state index contributed by atoms with van der Waals surface area (Å²) in [6.45, 7) is 3.70. The predicted molar refractivity (Wildman–Crippen MR) is 55.5 cm³/mol. The van der Waals surface area contributed by atoms with Gasteiger partial charge in [0.25, 0.3) is 0 Å². The first-order valence-electron chi connectivity index (χ1n) is 3.22. The van der Waals surface area contributed by atoms with E-state index in [-0.39, 0.29) is 9.43 Å². The van der Waals surface area contributed by atoms with Crippen LogP contribution in [0.1, 0.15) is 13.3 Å². The molecule has 8 heavy (non-hydrogen) atoms. The first-order chi connectivity index (χ1) is 3.56. The summed E-state index contributed by atoms with van der Waals surface area (Å²) in [5, 5.41) is 0. The maximum absolute atomic E-state index is 2.38. The molecule has 0 saturated carbocycles. The summed E-state index contributed by atoms with van der Waals surface area (Å²) in [5.41, 5.74) is 0. The first-order valence-corrected chi connectivity index (χ1v) is 6.25. The third-order valence-electron chi connectivity index (χ3n) is 1.11. The Labute approximate surface area is 57.6 Å². The summed E-state index contributed by atoms with van der Waals surface area (Å²) in [7, 11) is 6.95. The maximum atomic E-state index is 2.38.